The molecule has 27 nitrogen and oxygen atoms in total. The summed E-state index contributed by atoms with van der Waals surface area (Å²) in [5.41, 5.74) is 0.251. The van der Waals surface area contributed by atoms with Crippen LogP contribution in [0, 0.1) is 34.9 Å². The number of phosphoric acid groups is 1. The van der Waals surface area contributed by atoms with Crippen molar-refractivity contribution in [3.05, 3.63) is 216 Å². The molecular weight excluding hydrogens is 1610 g/mol. The molecule has 117 heavy (non-hydrogen) atoms. The van der Waals surface area contributed by atoms with Crippen LogP contribution in [-0.4, -0.2) is 171 Å². The number of halogens is 6. The molecule has 0 aliphatic carbocycles. The van der Waals surface area contributed by atoms with Crippen LogP contribution in [0.1, 0.15) is 93.7 Å². The topological polar surface area (TPSA) is 375 Å². The third-order valence-electron chi connectivity index (χ3n) is 17.8. The van der Waals surface area contributed by atoms with Crippen molar-refractivity contribution in [3.8, 4) is 0 Å². The summed E-state index contributed by atoms with van der Waals surface area (Å²) in [5, 5.41) is 22.0. The van der Waals surface area contributed by atoms with Gasteiger partial charge in [0.25, 0.3) is 0 Å². The number of rotatable bonds is 35. The summed E-state index contributed by atoms with van der Waals surface area (Å²) in [6, 6.07) is 37.2. The Bertz CT molecular complexity index is 4790. The number of unbranched alkanes of at least 4 members (excludes halogenated alkanes) is 1. The van der Waals surface area contributed by atoms with E-state index in [0.29, 0.717) is 37.3 Å². The summed E-state index contributed by atoms with van der Waals surface area (Å²) in [4.78, 5) is 132. The van der Waals surface area contributed by atoms with Gasteiger partial charge in [-0.05, 0) is 133 Å². The number of aromatic nitrogens is 3. The SMILES string of the molecule is CN(C(=O)CCc1cccc(F)c1F)[C@@H](CCCC(=O)O)COC(=O)Nc1cc2ccccc2cn1.CN(C(=O)CCc1cccc(F)c1F)[C@@H](CCCCOP(=O)(O)O)COC(=O)Nc1cc2ccccc2cn1.COC(=O)CCC[C@@H](COC(=O)Nc1cc2ccccc2cn1)N(C)C(=O)CCc1cccc(F)c1F.S.S.S.[Li+].[OH-]. The molecule has 3 heterocycles. The zero-order chi connectivity index (χ0) is 81.3. The van der Waals surface area contributed by atoms with E-state index in [0.717, 1.165) is 50.5 Å². The predicted octanol–water partition coefficient (Wildman–Crippen LogP) is 11.6. The van der Waals surface area contributed by atoms with Gasteiger partial charge >= 0.3 is 56.9 Å². The minimum absolute atomic E-state index is 0. The number of aliphatic carboxylic acids is 1. The van der Waals surface area contributed by atoms with Crippen LogP contribution in [0.15, 0.2) is 164 Å². The number of nitrogens with one attached hydrogen (secondary N) is 3. The number of nitrogens with zero attached hydrogens (tertiary/aromatic N) is 6. The Hall–Kier alpha value is -9.99. The number of hydrogen-bond donors (Lipinski definition) is 6. The number of hydrogen-bond acceptors (Lipinski definition) is 18. The van der Waals surface area contributed by atoms with Crippen molar-refractivity contribution in [2.75, 3.05) is 70.6 Å². The largest absolute Gasteiger partial charge is 1.00 e. The summed E-state index contributed by atoms with van der Waals surface area (Å²) < 4.78 is 118. The first-order valence-corrected chi connectivity index (χ1v) is 37.0. The molecule has 3 aromatic heterocycles. The van der Waals surface area contributed by atoms with Gasteiger partial charge in [0, 0.05) is 88.0 Å². The molecule has 3 atom stereocenters. The number of carbonyl (C=O) groups is 8. The monoisotopic (exact) mass is 1700 g/mol. The molecule has 0 unspecified atom stereocenters. The van der Waals surface area contributed by atoms with E-state index < -0.39 is 91.1 Å². The Labute approximate surface area is 704 Å². The van der Waals surface area contributed by atoms with Gasteiger partial charge < -0.3 is 54.0 Å². The van der Waals surface area contributed by atoms with E-state index in [1.54, 1.807) is 43.8 Å². The van der Waals surface area contributed by atoms with Gasteiger partial charge in [0.2, 0.25) is 17.7 Å². The number of amides is 6. The molecule has 0 fully saturated rings. The van der Waals surface area contributed by atoms with Crippen LogP contribution in [0.5, 0.6) is 0 Å². The fraction of sp³-hybridized carbons (Fsp3) is 0.329. The number of likely N-dealkylation sites (N-methyl/N-ethyl adjacent to an activating group) is 3. The molecule has 0 aliphatic heterocycles. The first kappa shape index (κ1) is 103. The minimum Gasteiger partial charge on any atom is -0.870 e. The number of fused-ring (bicyclic) bond motifs is 3. The maximum absolute atomic E-state index is 14.0. The van der Waals surface area contributed by atoms with Crippen molar-refractivity contribution in [2.45, 2.75) is 114 Å². The Morgan fingerprint density at radius 1 is 0.436 bits per heavy atom. The van der Waals surface area contributed by atoms with Crippen LogP contribution < -0.4 is 34.8 Å². The van der Waals surface area contributed by atoms with Gasteiger partial charge in [0.15, 0.2) is 34.9 Å². The Balaban J connectivity index is 0.000000583. The van der Waals surface area contributed by atoms with Crippen molar-refractivity contribution in [1.29, 1.82) is 0 Å². The second-order valence-electron chi connectivity index (χ2n) is 25.6. The molecule has 0 radical (unpaired) electrons. The smallest absolute Gasteiger partial charge is 0.870 e. The summed E-state index contributed by atoms with van der Waals surface area (Å²) in [7, 11) is 1.25. The third-order valence-corrected chi connectivity index (χ3v) is 18.3. The summed E-state index contributed by atoms with van der Waals surface area (Å²) in [6.07, 6.45) is 4.56. The van der Waals surface area contributed by atoms with Crippen molar-refractivity contribution >= 4 is 146 Å². The zero-order valence-electron chi connectivity index (χ0n) is 64.7. The molecule has 6 amide bonds. The second kappa shape index (κ2) is 52.6. The molecule has 0 saturated heterocycles. The van der Waals surface area contributed by atoms with Gasteiger partial charge in [0.05, 0.1) is 31.8 Å². The molecule has 6 aromatic carbocycles. The number of phosphoric ester groups is 1. The first-order chi connectivity index (χ1) is 53.5. The van der Waals surface area contributed by atoms with E-state index >= 15 is 0 Å². The van der Waals surface area contributed by atoms with Crippen LogP contribution in [0.4, 0.5) is 58.2 Å². The number of benzene rings is 6. The Kier molecular flexibility index (Phi) is 46.4. The number of carboxylic acids is 1. The van der Waals surface area contributed by atoms with Crippen molar-refractivity contribution in [3.63, 3.8) is 0 Å². The summed E-state index contributed by atoms with van der Waals surface area (Å²) in [6.45, 7) is -0.704. The number of pyridine rings is 3. The van der Waals surface area contributed by atoms with Crippen LogP contribution >= 0.6 is 48.3 Å². The molecule has 9 aromatic rings. The molecular formula is C79H93F6LiN9O18PS3. The van der Waals surface area contributed by atoms with E-state index in [4.69, 9.17) is 29.1 Å². The van der Waals surface area contributed by atoms with E-state index in [9.17, 15) is 69.3 Å². The maximum Gasteiger partial charge on any atom is 1.00 e. The maximum atomic E-state index is 14.0. The fourth-order valence-electron chi connectivity index (χ4n) is 11.4. The Morgan fingerprint density at radius 3 is 1.03 bits per heavy atom. The van der Waals surface area contributed by atoms with Gasteiger partial charge in [-0.2, -0.15) is 40.5 Å². The van der Waals surface area contributed by atoms with Gasteiger partial charge in [-0.15, -0.1) is 0 Å². The number of carbonyl (C=O) groups excluding carboxylic acids is 7. The van der Waals surface area contributed by atoms with Crippen LogP contribution in [0.2, 0.25) is 0 Å². The van der Waals surface area contributed by atoms with Gasteiger partial charge in [-0.1, -0.05) is 109 Å². The molecule has 9 rings (SSSR count). The minimum atomic E-state index is -4.59. The second-order valence-corrected chi connectivity index (χ2v) is 26.8. The number of aryl methyl sites for hydroxylation is 3. The van der Waals surface area contributed by atoms with Gasteiger partial charge in [-0.25, -0.2) is 60.2 Å². The van der Waals surface area contributed by atoms with Crippen LogP contribution in [0.25, 0.3) is 32.3 Å². The van der Waals surface area contributed by atoms with E-state index in [-0.39, 0.29) is 202 Å². The molecule has 7 N–H and O–H groups in total. The van der Waals surface area contributed by atoms with Crippen LogP contribution in [0.3, 0.4) is 0 Å². The number of carboxylic acid groups (broad SMARTS) is 1. The predicted molar refractivity (Wildman–Crippen MR) is 436 cm³/mol. The normalized spacial score (nSPS) is 11.3. The number of methoxy groups -OCH3 is 1. The zero-order valence-corrected chi connectivity index (χ0v) is 68.6. The van der Waals surface area contributed by atoms with E-state index in [1.807, 2.05) is 72.8 Å². The van der Waals surface area contributed by atoms with Crippen molar-refractivity contribution < 1.29 is 132 Å². The standard InChI is InChI=1S/C27H29F2N3O5.C26H30F2N3O7P.C26H27F2N3O5.Li.H2O.3H2S/c1-32(24(33)14-13-18-9-5-11-22(28)26(18)29)21(10-6-12-25(34)36-2)17-37-27(35)31-23-15-19-7-3-4-8-20(19)16-30-23;1-31(24(32)13-12-18-9-6-11-22(27)25(18)28)21(10-4-5-14-38-39(34,35)36)17-37-26(33)30-23-15-19-7-2-3-8-20(19)16-29-23;1-31(23(32)13-12-17-8-4-10-21(27)25(17)28)20(9-5-11-24(33)34)16-36-26(35)30-22-14-18-6-2-3-7-19(18)15-29-22;;;;;/h3-5,7-9,11,15-16,21H,6,10,12-14,17H2,1-2H3,(H,30,31,35);2-3,6-9,11,15-16,21H,4-5,10,12-14,17H2,1H3,(H,29,30,33)(H2,34,35,36);2-4,6-8,10,14-15,20H,5,9,11-13,16H2,1H3,(H,33,34)(H,29,30,35);;4*1H2/q;;;+1;;;;/p-1/t2*21-;20-;;;;;/m000...../s1. The molecule has 0 aliphatic rings. The van der Waals surface area contributed by atoms with Crippen molar-refractivity contribution in [2.24, 2.45) is 0 Å². The Morgan fingerprint density at radius 2 is 0.735 bits per heavy atom. The quantitative estimate of drug-likeness (QED) is 0.00536. The molecule has 0 saturated carbocycles. The fourth-order valence-corrected chi connectivity index (χ4v) is 11.8. The average molecular weight is 1700 g/mol. The number of anilines is 3. The van der Waals surface area contributed by atoms with E-state index in [2.05, 4.69) is 40.2 Å². The average Bonchev–Trinajstić information content (AvgIpc) is 0.825. The molecule has 0 spiro atoms. The molecule has 38 heteroatoms. The van der Waals surface area contributed by atoms with Crippen LogP contribution in [-0.2, 0) is 71.3 Å². The molecule has 628 valence electrons. The van der Waals surface area contributed by atoms with Crippen molar-refractivity contribution in [1.82, 2.24) is 29.7 Å². The summed E-state index contributed by atoms with van der Waals surface area (Å²) in [5.74, 6) is -7.51. The summed E-state index contributed by atoms with van der Waals surface area (Å²) >= 11 is 0. The van der Waals surface area contributed by atoms with E-state index in [1.165, 1.54) is 72.3 Å². The van der Waals surface area contributed by atoms with Gasteiger partial charge in [-0.3, -0.25) is 44.4 Å². The first-order valence-electron chi connectivity index (χ1n) is 35.5. The third kappa shape index (κ3) is 35.0. The number of esters is 1. The molecule has 0 bridgehead atoms. The number of ether oxygens (including phenoxy) is 4. The van der Waals surface area contributed by atoms with Gasteiger partial charge in [0.1, 0.15) is 37.3 Å².